The first-order valence-electron chi connectivity index (χ1n) is 14.5. The van der Waals surface area contributed by atoms with E-state index in [2.05, 4.69) is 22.9 Å². The summed E-state index contributed by atoms with van der Waals surface area (Å²) in [5.41, 5.74) is 2.07. The number of aromatic nitrogens is 1. The van der Waals surface area contributed by atoms with Gasteiger partial charge in [0.2, 0.25) is 0 Å². The molecule has 2 aliphatic rings. The third-order valence-corrected chi connectivity index (χ3v) is 10.2. The molecule has 0 unspecified atom stereocenters. The number of thiophene rings is 1. The summed E-state index contributed by atoms with van der Waals surface area (Å²) in [6, 6.07) is 21.7. The highest BCUT2D eigenvalue weighted by atomic mass is 35.5. The van der Waals surface area contributed by atoms with Gasteiger partial charge in [-0.25, -0.2) is 0 Å². The number of nitrogens with zero attached hydrogens (tertiary/aromatic N) is 2. The van der Waals surface area contributed by atoms with Gasteiger partial charge in [0.05, 0.1) is 16.8 Å². The quantitative estimate of drug-likeness (QED) is 0.257. The van der Waals surface area contributed by atoms with Crippen LogP contribution >= 0.6 is 22.9 Å². The van der Waals surface area contributed by atoms with Crippen LogP contribution in [-0.2, 0) is 29.8 Å². The maximum absolute atomic E-state index is 14.8. The van der Waals surface area contributed by atoms with Gasteiger partial charge in [-0.15, -0.1) is 11.3 Å². The van der Waals surface area contributed by atoms with Crippen LogP contribution in [0.4, 0.5) is 0 Å². The molecule has 1 atom stereocenters. The number of fused-ring (bicyclic) bond motifs is 3. The van der Waals surface area contributed by atoms with Crippen LogP contribution in [0, 0.1) is 0 Å². The van der Waals surface area contributed by atoms with E-state index in [-0.39, 0.29) is 24.4 Å². The molecular weight excluding hydrogens is 538 g/mol. The number of carbonyl (C=O) groups is 2. The lowest BCUT2D eigenvalue weighted by Gasteiger charge is -2.47. The number of benzene rings is 2. The van der Waals surface area contributed by atoms with Gasteiger partial charge in [-0.1, -0.05) is 99.2 Å². The van der Waals surface area contributed by atoms with Crippen LogP contribution in [0.25, 0.3) is 10.2 Å². The van der Waals surface area contributed by atoms with Gasteiger partial charge in [-0.3, -0.25) is 9.59 Å². The first kappa shape index (κ1) is 27.1. The van der Waals surface area contributed by atoms with Crippen LogP contribution in [0.15, 0.2) is 66.7 Å². The summed E-state index contributed by atoms with van der Waals surface area (Å²) in [4.78, 5) is 32.4. The van der Waals surface area contributed by atoms with Crippen LogP contribution in [-0.4, -0.2) is 27.3 Å². The lowest BCUT2D eigenvalue weighted by molar-refractivity contribution is -0.136. The van der Waals surface area contributed by atoms with E-state index >= 15 is 0 Å². The molecule has 7 heteroatoms. The van der Waals surface area contributed by atoms with Crippen LogP contribution in [0.1, 0.15) is 78.4 Å². The van der Waals surface area contributed by atoms with Gasteiger partial charge in [0.25, 0.3) is 11.8 Å². The Balaban J connectivity index is 1.51. The predicted molar refractivity (Wildman–Crippen MR) is 163 cm³/mol. The smallest absolute Gasteiger partial charge is 0.272 e. The Kier molecular flexibility index (Phi) is 7.74. The van der Waals surface area contributed by atoms with Gasteiger partial charge in [-0.05, 0) is 48.6 Å². The van der Waals surface area contributed by atoms with Gasteiger partial charge >= 0.3 is 0 Å². The second-order valence-corrected chi connectivity index (χ2v) is 12.7. The molecular formula is C33H36ClN3O2S. The van der Waals surface area contributed by atoms with Crippen molar-refractivity contribution in [3.63, 3.8) is 0 Å². The van der Waals surface area contributed by atoms with Crippen LogP contribution in [0.5, 0.6) is 0 Å². The molecule has 1 aliphatic heterocycles. The van der Waals surface area contributed by atoms with Crippen molar-refractivity contribution in [2.45, 2.75) is 83.0 Å². The number of nitrogens with one attached hydrogen (secondary N) is 1. The van der Waals surface area contributed by atoms with E-state index in [1.807, 2.05) is 60.7 Å². The van der Waals surface area contributed by atoms with Gasteiger partial charge in [-0.2, -0.15) is 0 Å². The molecule has 1 saturated carbocycles. The van der Waals surface area contributed by atoms with Crippen molar-refractivity contribution in [1.82, 2.24) is 14.8 Å². The van der Waals surface area contributed by atoms with E-state index in [4.69, 9.17) is 11.6 Å². The van der Waals surface area contributed by atoms with E-state index in [1.165, 1.54) is 24.1 Å². The first-order valence-corrected chi connectivity index (χ1v) is 15.7. The van der Waals surface area contributed by atoms with Crippen molar-refractivity contribution < 1.29 is 9.59 Å². The molecule has 0 bridgehead atoms. The van der Waals surface area contributed by atoms with Crippen LogP contribution in [0.2, 0.25) is 5.02 Å². The minimum Gasteiger partial charge on any atom is -0.351 e. The van der Waals surface area contributed by atoms with Gasteiger partial charge in [0.15, 0.2) is 5.54 Å². The Morgan fingerprint density at radius 3 is 2.42 bits per heavy atom. The topological polar surface area (TPSA) is 54.3 Å². The van der Waals surface area contributed by atoms with Gasteiger partial charge < -0.3 is 14.8 Å². The molecule has 4 aromatic rings. The van der Waals surface area contributed by atoms with Crippen molar-refractivity contribution in [3.8, 4) is 0 Å². The number of hydrogen-bond acceptors (Lipinski definition) is 3. The highest BCUT2D eigenvalue weighted by Gasteiger charge is 2.53. The summed E-state index contributed by atoms with van der Waals surface area (Å²) in [6.45, 7) is 2.74. The normalized spacial score (nSPS) is 20.2. The Morgan fingerprint density at radius 2 is 1.70 bits per heavy atom. The van der Waals surface area contributed by atoms with Crippen LogP contribution < -0.4 is 5.32 Å². The molecule has 0 spiro atoms. The fourth-order valence-corrected chi connectivity index (χ4v) is 7.67. The number of amides is 2. The number of halogens is 1. The molecule has 2 aromatic heterocycles. The molecule has 5 nitrogen and oxygen atoms in total. The monoisotopic (exact) mass is 573 g/mol. The van der Waals surface area contributed by atoms with E-state index in [0.717, 1.165) is 53.4 Å². The fourth-order valence-electron chi connectivity index (χ4n) is 6.44. The summed E-state index contributed by atoms with van der Waals surface area (Å²) in [5, 5.41) is 4.05. The molecule has 0 saturated heterocycles. The highest BCUT2D eigenvalue weighted by Crippen LogP contribution is 2.42. The molecule has 1 fully saturated rings. The highest BCUT2D eigenvalue weighted by molar-refractivity contribution is 7.19. The summed E-state index contributed by atoms with van der Waals surface area (Å²) >= 11 is 8.36. The summed E-state index contributed by atoms with van der Waals surface area (Å²) in [7, 11) is 0. The summed E-state index contributed by atoms with van der Waals surface area (Å²) < 4.78 is 3.17. The third kappa shape index (κ3) is 4.86. The minimum absolute atomic E-state index is 0.101. The van der Waals surface area contributed by atoms with E-state index in [9.17, 15) is 9.59 Å². The Morgan fingerprint density at radius 1 is 1.00 bits per heavy atom. The summed E-state index contributed by atoms with van der Waals surface area (Å²) in [5.74, 6) is -0.257. The standard InChI is InChI=1S/C33H36ClN3O2S/c1-2-26-19-28-30(40-26)20-29-31(38)37(21-23-13-11-12-18-27(23)34)33(22-36(28)29,24-14-7-6-8-15-24)32(39)35-25-16-9-4-3-5-10-17-25/h6-8,11-15,18-20,25H,2-5,9-10,16-17,21-22H2,1H3,(H,35,39)/t33-/m1/s1. The van der Waals surface area contributed by atoms with Crippen LogP contribution in [0.3, 0.4) is 0 Å². The first-order chi connectivity index (χ1) is 19.5. The molecule has 1 aliphatic carbocycles. The zero-order valence-electron chi connectivity index (χ0n) is 23.0. The SMILES string of the molecule is CCc1cc2c(cc3n2C[C@](C(=O)NC2CCCCCCC2)(c2ccccc2)N(Cc2ccccc2Cl)C3=O)s1. The predicted octanol–water partition coefficient (Wildman–Crippen LogP) is 7.70. The lowest BCUT2D eigenvalue weighted by Crippen LogP contribution is -2.64. The maximum atomic E-state index is 14.8. The second kappa shape index (κ2) is 11.4. The van der Waals surface area contributed by atoms with Crippen molar-refractivity contribution in [2.24, 2.45) is 0 Å². The van der Waals surface area contributed by atoms with Crippen molar-refractivity contribution in [2.75, 3.05) is 0 Å². The molecule has 3 heterocycles. The maximum Gasteiger partial charge on any atom is 0.272 e. The number of rotatable bonds is 6. The molecule has 40 heavy (non-hydrogen) atoms. The molecule has 1 N–H and O–H groups in total. The molecule has 2 aromatic carbocycles. The Labute approximate surface area is 245 Å². The minimum atomic E-state index is -1.23. The zero-order valence-corrected chi connectivity index (χ0v) is 24.6. The molecule has 2 amide bonds. The molecule has 208 valence electrons. The molecule has 0 radical (unpaired) electrons. The van der Waals surface area contributed by atoms with Crippen molar-refractivity contribution in [3.05, 3.63) is 93.5 Å². The average Bonchev–Trinajstić information content (AvgIpc) is 3.51. The van der Waals surface area contributed by atoms with Gasteiger partial charge in [0, 0.05) is 22.5 Å². The van der Waals surface area contributed by atoms with E-state index < -0.39 is 5.54 Å². The van der Waals surface area contributed by atoms with E-state index in [1.54, 1.807) is 16.2 Å². The molecule has 6 rings (SSSR count). The Hall–Kier alpha value is -3.09. The van der Waals surface area contributed by atoms with Crippen molar-refractivity contribution in [1.29, 1.82) is 0 Å². The van der Waals surface area contributed by atoms with Gasteiger partial charge in [0.1, 0.15) is 5.69 Å². The van der Waals surface area contributed by atoms with Crippen molar-refractivity contribution >= 4 is 45.0 Å². The fraction of sp³-hybridized carbons (Fsp3) is 0.394. The summed E-state index contributed by atoms with van der Waals surface area (Å²) in [6.07, 6.45) is 8.78. The third-order valence-electron chi connectivity index (χ3n) is 8.65. The Bertz CT molecular complexity index is 1520. The number of aryl methyl sites for hydroxylation is 1. The number of carbonyl (C=O) groups excluding carboxylic acids is 2. The largest absolute Gasteiger partial charge is 0.351 e. The average molecular weight is 574 g/mol. The number of hydrogen-bond donors (Lipinski definition) is 1. The lowest BCUT2D eigenvalue weighted by atomic mass is 9.83. The van der Waals surface area contributed by atoms with E-state index in [0.29, 0.717) is 17.3 Å². The second-order valence-electron chi connectivity index (χ2n) is 11.2. The zero-order chi connectivity index (χ0) is 27.7.